The number of hydrogen-bond donors (Lipinski definition) is 1. The third-order valence-electron chi connectivity index (χ3n) is 4.54. The Labute approximate surface area is 101 Å². The second-order valence-corrected chi connectivity index (χ2v) is 6.27. The lowest BCUT2D eigenvalue weighted by Crippen LogP contribution is -2.52. The van der Waals surface area contributed by atoms with Crippen molar-refractivity contribution >= 4 is 0 Å². The van der Waals surface area contributed by atoms with Crippen LogP contribution in [0.15, 0.2) is 0 Å². The second kappa shape index (κ2) is 5.05. The van der Waals surface area contributed by atoms with E-state index in [1.54, 1.807) is 0 Å². The van der Waals surface area contributed by atoms with Gasteiger partial charge in [-0.3, -0.25) is 4.90 Å². The van der Waals surface area contributed by atoms with Crippen LogP contribution in [0, 0.1) is 17.8 Å². The molecule has 16 heavy (non-hydrogen) atoms. The molecule has 0 radical (unpaired) electrons. The Hall–Kier alpha value is -0.0800. The molecule has 1 aliphatic carbocycles. The second-order valence-electron chi connectivity index (χ2n) is 6.27. The smallest absolute Gasteiger partial charge is 0.0171 e. The van der Waals surface area contributed by atoms with Crippen molar-refractivity contribution in [1.82, 2.24) is 4.90 Å². The van der Waals surface area contributed by atoms with Crippen LogP contribution in [0.5, 0.6) is 0 Å². The quantitative estimate of drug-likeness (QED) is 0.795. The molecule has 2 N–H and O–H groups in total. The van der Waals surface area contributed by atoms with E-state index < -0.39 is 0 Å². The average Bonchev–Trinajstić information content (AvgIpc) is 3.02. The number of hydrogen-bond acceptors (Lipinski definition) is 2. The zero-order chi connectivity index (χ0) is 11.7. The molecule has 0 aromatic heterocycles. The van der Waals surface area contributed by atoms with E-state index in [0.717, 1.165) is 30.3 Å². The van der Waals surface area contributed by atoms with E-state index in [0.29, 0.717) is 6.04 Å². The molecule has 0 amide bonds. The number of rotatable bonds is 4. The summed E-state index contributed by atoms with van der Waals surface area (Å²) in [6.07, 6.45) is 5.45. The number of nitrogens with two attached hydrogens (primary N) is 1. The molecule has 1 saturated carbocycles. The summed E-state index contributed by atoms with van der Waals surface area (Å²) in [5.74, 6) is 2.59. The highest BCUT2D eigenvalue weighted by Crippen LogP contribution is 2.38. The Morgan fingerprint density at radius 1 is 1.19 bits per heavy atom. The molecule has 94 valence electrons. The third-order valence-corrected chi connectivity index (χ3v) is 4.54. The van der Waals surface area contributed by atoms with Crippen molar-refractivity contribution in [3.8, 4) is 0 Å². The molecule has 1 saturated heterocycles. The first-order chi connectivity index (χ1) is 7.61. The van der Waals surface area contributed by atoms with Crippen molar-refractivity contribution in [1.29, 1.82) is 0 Å². The van der Waals surface area contributed by atoms with Gasteiger partial charge in [0.1, 0.15) is 0 Å². The van der Waals surface area contributed by atoms with E-state index in [9.17, 15) is 0 Å². The predicted molar refractivity (Wildman–Crippen MR) is 69.3 cm³/mol. The van der Waals surface area contributed by atoms with Gasteiger partial charge in [-0.1, -0.05) is 20.8 Å². The first-order valence-corrected chi connectivity index (χ1v) is 7.11. The lowest BCUT2D eigenvalue weighted by molar-refractivity contribution is 0.0769. The van der Waals surface area contributed by atoms with Crippen molar-refractivity contribution in [2.45, 2.75) is 58.5 Å². The minimum atomic E-state index is 0.411. The zero-order valence-corrected chi connectivity index (χ0v) is 11.2. The van der Waals surface area contributed by atoms with Crippen molar-refractivity contribution < 1.29 is 0 Å². The van der Waals surface area contributed by atoms with Crippen LogP contribution in [0.1, 0.15) is 46.5 Å². The maximum Gasteiger partial charge on any atom is 0.0171 e. The summed E-state index contributed by atoms with van der Waals surface area (Å²) in [6.45, 7) is 9.46. The standard InChI is InChI=1S/C14H28N2/c1-4-14(11-5-6-11)16-8-12(10(2)3)7-13(15)9-16/h10-14H,4-9,15H2,1-3H3. The van der Waals surface area contributed by atoms with Gasteiger partial charge in [0.25, 0.3) is 0 Å². The van der Waals surface area contributed by atoms with Gasteiger partial charge in [0.15, 0.2) is 0 Å². The lowest BCUT2D eigenvalue weighted by atomic mass is 9.84. The topological polar surface area (TPSA) is 29.3 Å². The summed E-state index contributed by atoms with van der Waals surface area (Å²) in [5.41, 5.74) is 6.22. The molecule has 2 fully saturated rings. The van der Waals surface area contributed by atoms with Crippen molar-refractivity contribution in [2.75, 3.05) is 13.1 Å². The fourth-order valence-electron chi connectivity index (χ4n) is 3.34. The summed E-state index contributed by atoms with van der Waals surface area (Å²) < 4.78 is 0. The number of likely N-dealkylation sites (tertiary alicyclic amines) is 1. The van der Waals surface area contributed by atoms with Crippen LogP contribution in [0.4, 0.5) is 0 Å². The van der Waals surface area contributed by atoms with Crippen LogP contribution in [0.25, 0.3) is 0 Å². The van der Waals surface area contributed by atoms with Crippen molar-refractivity contribution in [3.63, 3.8) is 0 Å². The molecule has 3 unspecified atom stereocenters. The van der Waals surface area contributed by atoms with Gasteiger partial charge >= 0.3 is 0 Å². The minimum absolute atomic E-state index is 0.411. The Bertz CT molecular complexity index is 223. The van der Waals surface area contributed by atoms with Crippen molar-refractivity contribution in [2.24, 2.45) is 23.5 Å². The Kier molecular flexibility index (Phi) is 3.91. The van der Waals surface area contributed by atoms with Crippen LogP contribution >= 0.6 is 0 Å². The van der Waals surface area contributed by atoms with E-state index in [2.05, 4.69) is 25.7 Å². The average molecular weight is 224 g/mol. The van der Waals surface area contributed by atoms with Gasteiger partial charge in [0, 0.05) is 25.2 Å². The molecule has 1 heterocycles. The van der Waals surface area contributed by atoms with Crippen molar-refractivity contribution in [3.05, 3.63) is 0 Å². The van der Waals surface area contributed by atoms with E-state index >= 15 is 0 Å². The van der Waals surface area contributed by atoms with E-state index in [-0.39, 0.29) is 0 Å². The fraction of sp³-hybridized carbons (Fsp3) is 1.00. The number of nitrogens with zero attached hydrogens (tertiary/aromatic N) is 1. The molecule has 0 bridgehead atoms. The fourth-order valence-corrected chi connectivity index (χ4v) is 3.34. The van der Waals surface area contributed by atoms with Crippen LogP contribution in [0.3, 0.4) is 0 Å². The van der Waals surface area contributed by atoms with Gasteiger partial charge in [-0.15, -0.1) is 0 Å². The highest BCUT2D eigenvalue weighted by Gasteiger charge is 2.37. The minimum Gasteiger partial charge on any atom is -0.327 e. The maximum atomic E-state index is 6.22. The van der Waals surface area contributed by atoms with E-state index in [1.165, 1.54) is 32.2 Å². The first kappa shape index (κ1) is 12.4. The Morgan fingerprint density at radius 2 is 1.88 bits per heavy atom. The monoisotopic (exact) mass is 224 g/mol. The predicted octanol–water partition coefficient (Wildman–Crippen LogP) is 2.48. The zero-order valence-electron chi connectivity index (χ0n) is 11.2. The molecule has 2 aliphatic rings. The summed E-state index contributed by atoms with van der Waals surface area (Å²) >= 11 is 0. The molecule has 0 spiro atoms. The van der Waals surface area contributed by atoms with Crippen LogP contribution in [-0.2, 0) is 0 Å². The highest BCUT2D eigenvalue weighted by atomic mass is 15.2. The molecule has 2 heteroatoms. The molecule has 0 aromatic carbocycles. The van der Waals surface area contributed by atoms with Gasteiger partial charge < -0.3 is 5.73 Å². The van der Waals surface area contributed by atoms with Crippen LogP contribution in [-0.4, -0.2) is 30.1 Å². The Balaban J connectivity index is 1.97. The molecule has 2 nitrogen and oxygen atoms in total. The summed E-state index contributed by atoms with van der Waals surface area (Å²) in [7, 11) is 0. The summed E-state index contributed by atoms with van der Waals surface area (Å²) in [6, 6.07) is 1.24. The maximum absolute atomic E-state index is 6.22. The third kappa shape index (κ3) is 2.78. The number of piperidine rings is 1. The van der Waals surface area contributed by atoms with Gasteiger partial charge in [0.05, 0.1) is 0 Å². The molecular weight excluding hydrogens is 196 g/mol. The van der Waals surface area contributed by atoms with Gasteiger partial charge in [0.2, 0.25) is 0 Å². The molecule has 0 aromatic rings. The largest absolute Gasteiger partial charge is 0.327 e. The first-order valence-electron chi connectivity index (χ1n) is 7.11. The van der Waals surface area contributed by atoms with E-state index in [1.807, 2.05) is 0 Å². The molecular formula is C14H28N2. The van der Waals surface area contributed by atoms with Gasteiger partial charge in [-0.2, -0.15) is 0 Å². The summed E-state index contributed by atoms with van der Waals surface area (Å²) in [5, 5.41) is 0. The van der Waals surface area contributed by atoms with Gasteiger partial charge in [-0.05, 0) is 43.4 Å². The lowest BCUT2D eigenvalue weighted by Gasteiger charge is -2.42. The molecule has 3 atom stereocenters. The Morgan fingerprint density at radius 3 is 2.38 bits per heavy atom. The molecule has 2 rings (SSSR count). The SMILES string of the molecule is CCC(C1CC1)N1CC(N)CC(C(C)C)C1. The van der Waals surface area contributed by atoms with Crippen LogP contribution < -0.4 is 5.73 Å². The van der Waals surface area contributed by atoms with Gasteiger partial charge in [-0.25, -0.2) is 0 Å². The summed E-state index contributed by atoms with van der Waals surface area (Å²) in [4.78, 5) is 2.70. The van der Waals surface area contributed by atoms with Crippen LogP contribution in [0.2, 0.25) is 0 Å². The normalized spacial score (nSPS) is 34.3. The van der Waals surface area contributed by atoms with E-state index in [4.69, 9.17) is 5.73 Å². The molecule has 1 aliphatic heterocycles. The highest BCUT2D eigenvalue weighted by molar-refractivity contribution is 4.92.